The van der Waals surface area contributed by atoms with E-state index in [0.29, 0.717) is 27.1 Å². The second-order valence-electron chi connectivity index (χ2n) is 7.18. The summed E-state index contributed by atoms with van der Waals surface area (Å²) in [6, 6.07) is 11.7. The van der Waals surface area contributed by atoms with Crippen molar-refractivity contribution in [3.8, 4) is 5.75 Å². The fraction of sp³-hybridized carbons (Fsp3) is 0.364. The molecule has 3 aromatic rings. The standard InChI is InChI=1S/C22H23ClFN3O3S.ClH/c23-16-5-7-17(8-6-16)30-15-20(28)27(10-2-9-26-11-13-29-14-12-26)22-25-21-18(24)3-1-4-19(21)31-22;/h1,3-8H,2,9-15H2;1H. The summed E-state index contributed by atoms with van der Waals surface area (Å²) in [5.74, 6) is -0.0594. The van der Waals surface area contributed by atoms with Crippen molar-refractivity contribution in [2.24, 2.45) is 0 Å². The maximum Gasteiger partial charge on any atom is 0.266 e. The number of benzene rings is 2. The van der Waals surface area contributed by atoms with Gasteiger partial charge >= 0.3 is 0 Å². The van der Waals surface area contributed by atoms with Gasteiger partial charge in [0.1, 0.15) is 17.1 Å². The number of halogens is 3. The third kappa shape index (κ3) is 6.30. The summed E-state index contributed by atoms with van der Waals surface area (Å²) in [7, 11) is 0. The number of hydrogen-bond acceptors (Lipinski definition) is 6. The summed E-state index contributed by atoms with van der Waals surface area (Å²) in [5.41, 5.74) is 0.284. The number of fused-ring (bicyclic) bond motifs is 1. The van der Waals surface area contributed by atoms with Crippen molar-refractivity contribution in [1.82, 2.24) is 9.88 Å². The topological polar surface area (TPSA) is 54.9 Å². The Morgan fingerprint density at radius 3 is 2.69 bits per heavy atom. The molecule has 0 radical (unpaired) electrons. The first-order valence-corrected chi connectivity index (χ1v) is 11.3. The SMILES string of the molecule is Cl.O=C(COc1ccc(Cl)cc1)N(CCCN1CCOCC1)c1nc2c(F)cccc2s1. The number of rotatable bonds is 8. The Kier molecular flexibility index (Phi) is 9.07. The van der Waals surface area contributed by atoms with Crippen LogP contribution in [0, 0.1) is 5.82 Å². The number of thiazole rings is 1. The zero-order valence-corrected chi connectivity index (χ0v) is 19.7. The molecule has 0 spiro atoms. The fourth-order valence-electron chi connectivity index (χ4n) is 3.38. The van der Waals surface area contributed by atoms with Gasteiger partial charge in [0.2, 0.25) is 0 Å². The number of para-hydroxylation sites is 1. The van der Waals surface area contributed by atoms with Gasteiger partial charge in [0.15, 0.2) is 11.7 Å². The van der Waals surface area contributed by atoms with E-state index in [0.717, 1.165) is 39.3 Å². The molecule has 1 amide bonds. The minimum absolute atomic E-state index is 0. The zero-order valence-electron chi connectivity index (χ0n) is 17.3. The largest absolute Gasteiger partial charge is 0.484 e. The Bertz CT molecular complexity index is 1030. The molecule has 10 heteroatoms. The molecule has 0 aliphatic carbocycles. The molecule has 32 heavy (non-hydrogen) atoms. The molecule has 0 unspecified atom stereocenters. The van der Waals surface area contributed by atoms with Crippen LogP contribution in [0.5, 0.6) is 5.75 Å². The average Bonchev–Trinajstić information content (AvgIpc) is 3.22. The molecule has 6 nitrogen and oxygen atoms in total. The molecule has 2 aromatic carbocycles. The van der Waals surface area contributed by atoms with E-state index in [1.165, 1.54) is 17.4 Å². The second-order valence-corrected chi connectivity index (χ2v) is 8.62. The number of carbonyl (C=O) groups excluding carboxylic acids is 1. The molecule has 1 fully saturated rings. The molecule has 0 N–H and O–H groups in total. The number of anilines is 1. The quantitative estimate of drug-likeness (QED) is 0.451. The van der Waals surface area contributed by atoms with Crippen molar-refractivity contribution in [2.45, 2.75) is 6.42 Å². The van der Waals surface area contributed by atoms with Crippen molar-refractivity contribution < 1.29 is 18.7 Å². The summed E-state index contributed by atoms with van der Waals surface area (Å²) in [4.78, 5) is 21.4. The highest BCUT2D eigenvalue weighted by Gasteiger charge is 2.22. The molecule has 0 atom stereocenters. The number of aromatic nitrogens is 1. The van der Waals surface area contributed by atoms with E-state index < -0.39 is 5.82 Å². The monoisotopic (exact) mass is 499 g/mol. The van der Waals surface area contributed by atoms with E-state index in [4.69, 9.17) is 21.1 Å². The first-order valence-electron chi connectivity index (χ1n) is 10.1. The van der Waals surface area contributed by atoms with Crippen LogP contribution in [0.25, 0.3) is 10.2 Å². The number of nitrogens with zero attached hydrogens (tertiary/aromatic N) is 3. The summed E-state index contributed by atoms with van der Waals surface area (Å²) < 4.78 is 25.9. The van der Waals surface area contributed by atoms with Crippen LogP contribution in [-0.2, 0) is 9.53 Å². The minimum Gasteiger partial charge on any atom is -0.484 e. The van der Waals surface area contributed by atoms with E-state index in [2.05, 4.69) is 9.88 Å². The zero-order chi connectivity index (χ0) is 21.6. The second kappa shape index (κ2) is 11.8. The lowest BCUT2D eigenvalue weighted by Crippen LogP contribution is -2.40. The first-order chi connectivity index (χ1) is 15.1. The van der Waals surface area contributed by atoms with Crippen LogP contribution in [0.1, 0.15) is 6.42 Å². The van der Waals surface area contributed by atoms with E-state index in [1.54, 1.807) is 41.3 Å². The maximum atomic E-state index is 14.1. The molecule has 172 valence electrons. The van der Waals surface area contributed by atoms with Crippen molar-refractivity contribution in [2.75, 3.05) is 50.9 Å². The van der Waals surface area contributed by atoms with Crippen LogP contribution in [-0.4, -0.2) is 61.8 Å². The van der Waals surface area contributed by atoms with Gasteiger partial charge in [-0.25, -0.2) is 9.37 Å². The smallest absolute Gasteiger partial charge is 0.266 e. The highest BCUT2D eigenvalue weighted by molar-refractivity contribution is 7.22. The van der Waals surface area contributed by atoms with Crippen LogP contribution >= 0.6 is 35.3 Å². The summed E-state index contributed by atoms with van der Waals surface area (Å²) >= 11 is 7.20. The van der Waals surface area contributed by atoms with Crippen LogP contribution in [0.15, 0.2) is 42.5 Å². The minimum atomic E-state index is -0.391. The normalized spacial score (nSPS) is 14.2. The number of morpholine rings is 1. The summed E-state index contributed by atoms with van der Waals surface area (Å²) in [5, 5.41) is 1.08. The molecular formula is C22H24Cl2FN3O3S. The predicted octanol–water partition coefficient (Wildman–Crippen LogP) is 4.64. The van der Waals surface area contributed by atoms with Gasteiger partial charge in [-0.15, -0.1) is 12.4 Å². The van der Waals surface area contributed by atoms with Gasteiger partial charge in [0, 0.05) is 31.2 Å². The summed E-state index contributed by atoms with van der Waals surface area (Å²) in [6.07, 6.45) is 0.769. The van der Waals surface area contributed by atoms with Crippen LogP contribution in [0.3, 0.4) is 0 Å². The highest BCUT2D eigenvalue weighted by Crippen LogP contribution is 2.30. The number of ether oxygens (including phenoxy) is 2. The Morgan fingerprint density at radius 2 is 1.97 bits per heavy atom. The van der Waals surface area contributed by atoms with Gasteiger partial charge in [-0.2, -0.15) is 0 Å². The fourth-order valence-corrected chi connectivity index (χ4v) is 4.53. The molecule has 4 rings (SSSR count). The van der Waals surface area contributed by atoms with Gasteiger partial charge < -0.3 is 9.47 Å². The lowest BCUT2D eigenvalue weighted by Gasteiger charge is -2.27. The molecule has 1 aromatic heterocycles. The third-order valence-electron chi connectivity index (χ3n) is 5.03. The third-order valence-corrected chi connectivity index (χ3v) is 6.32. The van der Waals surface area contributed by atoms with Crippen LogP contribution in [0.4, 0.5) is 9.52 Å². The van der Waals surface area contributed by atoms with Crippen molar-refractivity contribution in [1.29, 1.82) is 0 Å². The number of amides is 1. The van der Waals surface area contributed by atoms with Gasteiger partial charge in [-0.1, -0.05) is 29.0 Å². The average molecular weight is 500 g/mol. The predicted molar refractivity (Wildman–Crippen MR) is 128 cm³/mol. The Labute approximate surface area is 201 Å². The highest BCUT2D eigenvalue weighted by atomic mass is 35.5. The van der Waals surface area contributed by atoms with Gasteiger partial charge in [-0.3, -0.25) is 14.6 Å². The van der Waals surface area contributed by atoms with E-state index in [9.17, 15) is 9.18 Å². The van der Waals surface area contributed by atoms with Crippen molar-refractivity contribution in [3.63, 3.8) is 0 Å². The molecule has 1 aliphatic heterocycles. The van der Waals surface area contributed by atoms with Gasteiger partial charge in [0.05, 0.1) is 17.9 Å². The van der Waals surface area contributed by atoms with E-state index in [-0.39, 0.29) is 30.4 Å². The molecule has 1 aliphatic rings. The number of hydrogen-bond donors (Lipinski definition) is 0. The van der Waals surface area contributed by atoms with Crippen molar-refractivity contribution in [3.05, 3.63) is 53.3 Å². The van der Waals surface area contributed by atoms with Gasteiger partial charge in [-0.05, 0) is 42.8 Å². The van der Waals surface area contributed by atoms with Crippen molar-refractivity contribution >= 4 is 56.6 Å². The van der Waals surface area contributed by atoms with E-state index in [1.807, 2.05) is 0 Å². The lowest BCUT2D eigenvalue weighted by atomic mass is 10.3. The Hall–Kier alpha value is -1.97. The Balaban J connectivity index is 0.00000289. The van der Waals surface area contributed by atoms with Crippen LogP contribution in [0.2, 0.25) is 5.02 Å². The van der Waals surface area contributed by atoms with E-state index >= 15 is 0 Å². The Morgan fingerprint density at radius 1 is 1.22 bits per heavy atom. The molecule has 1 saturated heterocycles. The maximum absolute atomic E-state index is 14.1. The molecule has 2 heterocycles. The van der Waals surface area contributed by atoms with Crippen LogP contribution < -0.4 is 9.64 Å². The number of carbonyl (C=O) groups is 1. The lowest BCUT2D eigenvalue weighted by molar-refractivity contribution is -0.120. The molecule has 0 saturated carbocycles. The molecular weight excluding hydrogens is 476 g/mol. The summed E-state index contributed by atoms with van der Waals surface area (Å²) in [6.45, 7) is 4.42. The molecule has 0 bridgehead atoms. The first kappa shape index (κ1) is 24.7. The van der Waals surface area contributed by atoms with Gasteiger partial charge in [0.25, 0.3) is 5.91 Å².